The van der Waals surface area contributed by atoms with Crippen molar-refractivity contribution in [3.63, 3.8) is 0 Å². The normalized spacial score (nSPS) is 22.1. The molecule has 0 spiro atoms. The Hall–Kier alpha value is -1.64. The van der Waals surface area contributed by atoms with Crippen molar-refractivity contribution in [3.8, 4) is 5.75 Å². The van der Waals surface area contributed by atoms with E-state index in [1.165, 1.54) is 19.2 Å². The van der Waals surface area contributed by atoms with Gasteiger partial charge in [-0.3, -0.25) is 4.79 Å². The molecule has 3 N–H and O–H groups in total. The number of β-amino-alcohol motifs (C(OH)–C–C–N with tert-alkyl or cyclic N) is 1. The zero-order valence-electron chi connectivity index (χ0n) is 13.9. The summed E-state index contributed by atoms with van der Waals surface area (Å²) in [6, 6.07) is 6.09. The maximum atomic E-state index is 12.4. The first kappa shape index (κ1) is 18.7. The zero-order chi connectivity index (χ0) is 17.7. The molecule has 1 aromatic carbocycles. The Kier molecular flexibility index (Phi) is 6.20. The molecule has 134 valence electrons. The van der Waals surface area contributed by atoms with Crippen LogP contribution in [0.25, 0.3) is 0 Å². The van der Waals surface area contributed by atoms with Crippen LogP contribution in [-0.4, -0.2) is 58.0 Å². The smallest absolute Gasteiger partial charge is 0.223 e. The Bertz CT molecular complexity index is 660. The summed E-state index contributed by atoms with van der Waals surface area (Å²) in [7, 11) is -2.05. The van der Waals surface area contributed by atoms with Crippen molar-refractivity contribution in [3.05, 3.63) is 24.3 Å². The van der Waals surface area contributed by atoms with E-state index in [0.717, 1.165) is 0 Å². The van der Waals surface area contributed by atoms with Gasteiger partial charge in [0.2, 0.25) is 5.91 Å². The molecule has 0 saturated carbocycles. The van der Waals surface area contributed by atoms with Gasteiger partial charge in [-0.1, -0.05) is 6.92 Å². The fraction of sp³-hybridized carbons (Fsp3) is 0.562. The molecular weight excluding hydrogens is 332 g/mol. The van der Waals surface area contributed by atoms with Crippen LogP contribution in [0.5, 0.6) is 5.75 Å². The van der Waals surface area contributed by atoms with Crippen molar-refractivity contribution >= 4 is 15.7 Å². The number of benzene rings is 1. The van der Waals surface area contributed by atoms with Crippen LogP contribution in [0.3, 0.4) is 0 Å². The van der Waals surface area contributed by atoms with Gasteiger partial charge in [-0.15, -0.1) is 0 Å². The lowest BCUT2D eigenvalue weighted by Crippen LogP contribution is -2.38. The lowest BCUT2D eigenvalue weighted by Gasteiger charge is -2.17. The van der Waals surface area contributed by atoms with E-state index in [1.54, 1.807) is 19.1 Å². The highest BCUT2D eigenvalue weighted by molar-refractivity contribution is 7.91. The van der Waals surface area contributed by atoms with Crippen LogP contribution in [0.4, 0.5) is 0 Å². The molecule has 0 aliphatic carbocycles. The number of aliphatic hydroxyl groups is 1. The summed E-state index contributed by atoms with van der Waals surface area (Å²) in [5.41, 5.74) is 0. The van der Waals surface area contributed by atoms with Gasteiger partial charge < -0.3 is 20.5 Å². The number of hydrogen-bond acceptors (Lipinski definition) is 6. The van der Waals surface area contributed by atoms with Gasteiger partial charge in [0.25, 0.3) is 0 Å². The molecule has 3 atom stereocenters. The first-order valence-electron chi connectivity index (χ1n) is 7.87. The average molecular weight is 356 g/mol. The Labute approximate surface area is 142 Å². The van der Waals surface area contributed by atoms with Crippen molar-refractivity contribution in [1.29, 1.82) is 0 Å². The molecule has 0 radical (unpaired) electrons. The lowest BCUT2D eigenvalue weighted by molar-refractivity contribution is -0.124. The minimum absolute atomic E-state index is 0.0423. The summed E-state index contributed by atoms with van der Waals surface area (Å²) in [5, 5.41) is 15.5. The topological polar surface area (TPSA) is 105 Å². The maximum absolute atomic E-state index is 12.4. The van der Waals surface area contributed by atoms with Crippen LogP contribution in [0, 0.1) is 11.8 Å². The molecule has 1 aliphatic rings. The third kappa shape index (κ3) is 4.68. The monoisotopic (exact) mass is 356 g/mol. The summed E-state index contributed by atoms with van der Waals surface area (Å²) >= 11 is 0. The molecule has 1 amide bonds. The molecule has 8 heteroatoms. The van der Waals surface area contributed by atoms with Gasteiger partial charge in [-0.2, -0.15) is 0 Å². The summed E-state index contributed by atoms with van der Waals surface area (Å²) in [5.74, 6) is -0.742. The first-order chi connectivity index (χ1) is 11.3. The van der Waals surface area contributed by atoms with Crippen LogP contribution in [0.1, 0.15) is 6.92 Å². The number of carbonyl (C=O) groups excluding carboxylic acids is 1. The van der Waals surface area contributed by atoms with Gasteiger partial charge in [0, 0.05) is 31.5 Å². The van der Waals surface area contributed by atoms with Gasteiger partial charge in [-0.25, -0.2) is 8.42 Å². The molecule has 1 aliphatic heterocycles. The fourth-order valence-corrected chi connectivity index (χ4v) is 4.17. The summed E-state index contributed by atoms with van der Waals surface area (Å²) < 4.78 is 29.8. The highest BCUT2D eigenvalue weighted by Gasteiger charge is 2.27. The molecule has 1 aromatic rings. The predicted molar refractivity (Wildman–Crippen MR) is 89.6 cm³/mol. The third-order valence-corrected chi connectivity index (χ3v) is 6.11. The number of aliphatic hydroxyl groups excluding tert-OH is 1. The van der Waals surface area contributed by atoms with E-state index >= 15 is 0 Å². The maximum Gasteiger partial charge on any atom is 0.223 e. The number of rotatable bonds is 7. The second kappa shape index (κ2) is 7.96. The van der Waals surface area contributed by atoms with E-state index in [4.69, 9.17) is 4.74 Å². The largest absolute Gasteiger partial charge is 0.497 e. The van der Waals surface area contributed by atoms with Crippen LogP contribution >= 0.6 is 0 Å². The Morgan fingerprint density at radius 1 is 1.38 bits per heavy atom. The number of amides is 1. The van der Waals surface area contributed by atoms with Gasteiger partial charge in [0.1, 0.15) is 5.75 Å². The molecule has 7 nitrogen and oxygen atoms in total. The standard InChI is InChI=1S/C16H24N2O5S/c1-11(16(20)18-8-12-7-17-9-15(12)19)10-24(21,22)14-5-3-13(23-2)4-6-14/h3-6,11-12,15,17,19H,7-10H2,1-2H3,(H,18,20). The number of sulfone groups is 1. The second-order valence-electron chi connectivity index (χ2n) is 6.09. The van der Waals surface area contributed by atoms with E-state index in [0.29, 0.717) is 25.4 Å². The van der Waals surface area contributed by atoms with E-state index in [9.17, 15) is 18.3 Å². The molecule has 0 aromatic heterocycles. The van der Waals surface area contributed by atoms with E-state index in [2.05, 4.69) is 10.6 Å². The van der Waals surface area contributed by atoms with Crippen molar-refractivity contribution in [2.24, 2.45) is 11.8 Å². The van der Waals surface area contributed by atoms with Gasteiger partial charge >= 0.3 is 0 Å². The van der Waals surface area contributed by atoms with Crippen molar-refractivity contribution in [2.75, 3.05) is 32.5 Å². The Balaban J connectivity index is 1.91. The predicted octanol–water partition coefficient (Wildman–Crippen LogP) is -0.198. The van der Waals surface area contributed by atoms with E-state index in [1.807, 2.05) is 0 Å². The zero-order valence-corrected chi connectivity index (χ0v) is 14.7. The molecular formula is C16H24N2O5S. The number of nitrogens with one attached hydrogen (secondary N) is 2. The highest BCUT2D eigenvalue weighted by Crippen LogP contribution is 2.18. The third-order valence-electron chi connectivity index (χ3n) is 4.18. The molecule has 2 rings (SSSR count). The number of hydrogen-bond donors (Lipinski definition) is 3. The first-order valence-corrected chi connectivity index (χ1v) is 9.52. The molecule has 3 unspecified atom stereocenters. The van der Waals surface area contributed by atoms with Crippen LogP contribution in [-0.2, 0) is 14.6 Å². The SMILES string of the molecule is COc1ccc(S(=O)(=O)CC(C)C(=O)NCC2CNCC2O)cc1. The summed E-state index contributed by atoms with van der Waals surface area (Å²) in [6.07, 6.45) is -0.483. The minimum Gasteiger partial charge on any atom is -0.497 e. The van der Waals surface area contributed by atoms with Crippen molar-refractivity contribution < 1.29 is 23.1 Å². The van der Waals surface area contributed by atoms with Crippen molar-refractivity contribution in [2.45, 2.75) is 17.9 Å². The second-order valence-corrected chi connectivity index (χ2v) is 8.12. The van der Waals surface area contributed by atoms with E-state index < -0.39 is 21.9 Å². The van der Waals surface area contributed by atoms with Crippen LogP contribution < -0.4 is 15.4 Å². The molecule has 1 fully saturated rings. The lowest BCUT2D eigenvalue weighted by atomic mass is 10.1. The Morgan fingerprint density at radius 2 is 2.04 bits per heavy atom. The summed E-state index contributed by atoms with van der Waals surface area (Å²) in [4.78, 5) is 12.3. The van der Waals surface area contributed by atoms with Crippen LogP contribution in [0.2, 0.25) is 0 Å². The fourth-order valence-electron chi connectivity index (χ4n) is 2.62. The Morgan fingerprint density at radius 3 is 2.58 bits per heavy atom. The highest BCUT2D eigenvalue weighted by atomic mass is 32.2. The van der Waals surface area contributed by atoms with Gasteiger partial charge in [0.05, 0.1) is 23.9 Å². The summed E-state index contributed by atoms with van der Waals surface area (Å²) in [6.45, 7) is 3.07. The average Bonchev–Trinajstić information content (AvgIpc) is 2.97. The van der Waals surface area contributed by atoms with Crippen molar-refractivity contribution in [1.82, 2.24) is 10.6 Å². The molecule has 24 heavy (non-hydrogen) atoms. The number of ether oxygens (including phenoxy) is 1. The number of carbonyl (C=O) groups is 1. The molecule has 1 saturated heterocycles. The minimum atomic E-state index is -3.56. The molecule has 1 heterocycles. The van der Waals surface area contributed by atoms with Gasteiger partial charge in [-0.05, 0) is 24.3 Å². The van der Waals surface area contributed by atoms with Crippen LogP contribution in [0.15, 0.2) is 29.2 Å². The number of methoxy groups -OCH3 is 1. The van der Waals surface area contributed by atoms with Gasteiger partial charge in [0.15, 0.2) is 9.84 Å². The quantitative estimate of drug-likeness (QED) is 0.625. The molecule has 0 bridgehead atoms. The van der Waals surface area contributed by atoms with E-state index in [-0.39, 0.29) is 22.5 Å².